The zero-order valence-electron chi connectivity index (χ0n) is 6.48. The third-order valence-electron chi connectivity index (χ3n) is 1.49. The van der Waals surface area contributed by atoms with Crippen molar-refractivity contribution in [3.63, 3.8) is 0 Å². The van der Waals surface area contributed by atoms with E-state index in [9.17, 15) is 13.6 Å². The molecule has 0 unspecified atom stereocenters. The lowest BCUT2D eigenvalue weighted by molar-refractivity contribution is -0.117. The summed E-state index contributed by atoms with van der Waals surface area (Å²) < 4.78 is 26.2. The molecule has 0 aromatic heterocycles. The predicted octanol–water partition coefficient (Wildman–Crippen LogP) is 1.76. The summed E-state index contributed by atoms with van der Waals surface area (Å²) in [6.07, 6.45) is -0.433. The smallest absolute Gasteiger partial charge is 0.222 e. The first-order valence-electron chi connectivity index (χ1n) is 3.43. The molecule has 0 aliphatic rings. The van der Waals surface area contributed by atoms with E-state index in [0.717, 1.165) is 6.07 Å². The van der Waals surface area contributed by atoms with Gasteiger partial charge in [-0.1, -0.05) is 0 Å². The molecule has 0 aliphatic carbocycles. The van der Waals surface area contributed by atoms with E-state index in [0.29, 0.717) is 0 Å². The summed E-state index contributed by atoms with van der Waals surface area (Å²) >= 11 is 2.88. The van der Waals surface area contributed by atoms with Crippen molar-refractivity contribution in [2.45, 2.75) is 6.42 Å². The number of nitrogens with two attached hydrogens (primary N) is 1. The van der Waals surface area contributed by atoms with Gasteiger partial charge in [0.15, 0.2) is 0 Å². The third kappa shape index (κ3) is 2.24. The van der Waals surface area contributed by atoms with Crippen LogP contribution >= 0.6 is 15.9 Å². The molecule has 0 bridgehead atoms. The van der Waals surface area contributed by atoms with Crippen molar-refractivity contribution in [2.24, 2.45) is 5.73 Å². The Morgan fingerprint density at radius 3 is 2.62 bits per heavy atom. The fourth-order valence-electron chi connectivity index (χ4n) is 0.905. The number of hydrogen-bond donors (Lipinski definition) is 1. The minimum absolute atomic E-state index is 0.116. The minimum atomic E-state index is -0.779. The topological polar surface area (TPSA) is 43.1 Å². The van der Waals surface area contributed by atoms with Gasteiger partial charge in [-0.2, -0.15) is 0 Å². The van der Waals surface area contributed by atoms with Crippen LogP contribution in [0, 0.1) is 11.6 Å². The number of primary amides is 1. The summed E-state index contributed by atoms with van der Waals surface area (Å²) in [6, 6.07) is 2.31. The molecule has 5 heteroatoms. The molecule has 0 fully saturated rings. The summed E-state index contributed by atoms with van der Waals surface area (Å²) in [5.41, 5.74) is 4.52. The van der Waals surface area contributed by atoms with Crippen LogP contribution in [0.25, 0.3) is 0 Å². The van der Waals surface area contributed by atoms with E-state index >= 15 is 0 Å². The van der Waals surface area contributed by atoms with Gasteiger partial charge < -0.3 is 5.73 Å². The van der Waals surface area contributed by atoms with Crippen LogP contribution < -0.4 is 5.73 Å². The number of carbonyl (C=O) groups is 1. The van der Waals surface area contributed by atoms with Crippen LogP contribution in [0.1, 0.15) is 5.56 Å². The monoisotopic (exact) mass is 249 g/mol. The number of halogens is 3. The quantitative estimate of drug-likeness (QED) is 0.798. The summed E-state index contributed by atoms with van der Waals surface area (Å²) in [5, 5.41) is 0. The molecule has 2 N–H and O–H groups in total. The lowest BCUT2D eigenvalue weighted by atomic mass is 10.1. The number of carbonyl (C=O) groups excluding carboxylic acids is 1. The van der Waals surface area contributed by atoms with Crippen LogP contribution in [0.15, 0.2) is 16.6 Å². The van der Waals surface area contributed by atoms with Crippen molar-refractivity contribution in [3.8, 4) is 0 Å². The Kier molecular flexibility index (Phi) is 2.98. The first kappa shape index (κ1) is 10.1. The maximum atomic E-state index is 13.1. The zero-order valence-corrected chi connectivity index (χ0v) is 8.07. The van der Waals surface area contributed by atoms with Gasteiger partial charge in [0.25, 0.3) is 0 Å². The van der Waals surface area contributed by atoms with Crippen molar-refractivity contribution in [3.05, 3.63) is 33.8 Å². The van der Waals surface area contributed by atoms with Gasteiger partial charge in [0, 0.05) is 5.56 Å². The third-order valence-corrected chi connectivity index (χ3v) is 2.10. The van der Waals surface area contributed by atoms with E-state index in [1.165, 1.54) is 6.07 Å². The average molecular weight is 250 g/mol. The normalized spacial score (nSPS) is 10.1. The second kappa shape index (κ2) is 3.83. The second-order valence-corrected chi connectivity index (χ2v) is 3.32. The van der Waals surface area contributed by atoms with E-state index in [1.54, 1.807) is 0 Å². The van der Waals surface area contributed by atoms with Crippen molar-refractivity contribution in [2.75, 3.05) is 0 Å². The van der Waals surface area contributed by atoms with Crippen LogP contribution in [-0.4, -0.2) is 5.91 Å². The van der Waals surface area contributed by atoms with Crippen molar-refractivity contribution < 1.29 is 13.6 Å². The molecule has 0 heterocycles. The maximum Gasteiger partial charge on any atom is 0.222 e. The highest BCUT2D eigenvalue weighted by Gasteiger charge is 2.13. The fourth-order valence-corrected chi connectivity index (χ4v) is 1.28. The van der Waals surface area contributed by atoms with E-state index < -0.39 is 24.0 Å². The highest BCUT2D eigenvalue weighted by molar-refractivity contribution is 9.10. The van der Waals surface area contributed by atoms with E-state index in [-0.39, 0.29) is 10.0 Å². The van der Waals surface area contributed by atoms with Crippen LogP contribution in [0.3, 0.4) is 0 Å². The molecule has 1 amide bonds. The Hall–Kier alpha value is -0.970. The molecule has 70 valence electrons. The second-order valence-electron chi connectivity index (χ2n) is 2.46. The van der Waals surface area contributed by atoms with Crippen molar-refractivity contribution in [1.82, 2.24) is 0 Å². The van der Waals surface area contributed by atoms with Crippen LogP contribution in [-0.2, 0) is 11.2 Å². The van der Waals surface area contributed by atoms with Gasteiger partial charge in [0.1, 0.15) is 11.6 Å². The largest absolute Gasteiger partial charge is 0.369 e. The first-order chi connectivity index (χ1) is 6.02. The summed E-state index contributed by atoms with van der Waals surface area (Å²) in [6.45, 7) is 0. The Labute approximate surface area is 81.9 Å². The molecule has 0 saturated heterocycles. The number of amides is 1. The highest BCUT2D eigenvalue weighted by atomic mass is 79.9. The van der Waals surface area contributed by atoms with Gasteiger partial charge >= 0.3 is 0 Å². The standard InChI is InChI=1S/C8H6BrF2NO/c9-5-1-2-6(10)4(8(5)11)3-7(12)13/h1-2H,3H2,(H2,12,13). The molecule has 13 heavy (non-hydrogen) atoms. The predicted molar refractivity (Wildman–Crippen MR) is 47.0 cm³/mol. The van der Waals surface area contributed by atoms with E-state index in [2.05, 4.69) is 15.9 Å². The average Bonchev–Trinajstić information content (AvgIpc) is 2.05. The zero-order chi connectivity index (χ0) is 10.0. The molecule has 0 aliphatic heterocycles. The van der Waals surface area contributed by atoms with Gasteiger partial charge in [0.05, 0.1) is 10.9 Å². The van der Waals surface area contributed by atoms with Crippen LogP contribution in [0.5, 0.6) is 0 Å². The molecule has 0 radical (unpaired) electrons. The van der Waals surface area contributed by atoms with Crippen molar-refractivity contribution >= 4 is 21.8 Å². The lowest BCUT2D eigenvalue weighted by Crippen LogP contribution is -2.15. The molecule has 0 spiro atoms. The van der Waals surface area contributed by atoms with Gasteiger partial charge in [0.2, 0.25) is 5.91 Å². The first-order valence-corrected chi connectivity index (χ1v) is 4.22. The molecule has 2 nitrogen and oxygen atoms in total. The van der Waals surface area contributed by atoms with Crippen molar-refractivity contribution in [1.29, 1.82) is 0 Å². The molecule has 0 saturated carbocycles. The van der Waals surface area contributed by atoms with E-state index in [4.69, 9.17) is 5.73 Å². The molecule has 0 atom stereocenters. The highest BCUT2D eigenvalue weighted by Crippen LogP contribution is 2.21. The maximum absolute atomic E-state index is 13.1. The SMILES string of the molecule is NC(=O)Cc1c(F)ccc(Br)c1F. The Bertz CT molecular complexity index is 354. The molecule has 1 rings (SSSR count). The molecular weight excluding hydrogens is 244 g/mol. The number of benzene rings is 1. The summed E-state index contributed by atoms with van der Waals surface area (Å²) in [7, 11) is 0. The molecule has 1 aromatic rings. The molecular formula is C8H6BrF2NO. The van der Waals surface area contributed by atoms with Gasteiger partial charge in [-0.25, -0.2) is 8.78 Å². The van der Waals surface area contributed by atoms with Gasteiger partial charge in [-0.05, 0) is 28.1 Å². The Morgan fingerprint density at radius 2 is 2.08 bits per heavy atom. The van der Waals surface area contributed by atoms with Crippen LogP contribution in [0.4, 0.5) is 8.78 Å². The lowest BCUT2D eigenvalue weighted by Gasteiger charge is -2.03. The number of hydrogen-bond acceptors (Lipinski definition) is 1. The van der Waals surface area contributed by atoms with Gasteiger partial charge in [-0.15, -0.1) is 0 Å². The summed E-state index contributed by atoms with van der Waals surface area (Å²) in [4.78, 5) is 10.5. The van der Waals surface area contributed by atoms with Crippen LogP contribution in [0.2, 0.25) is 0 Å². The minimum Gasteiger partial charge on any atom is -0.369 e. The van der Waals surface area contributed by atoms with E-state index in [1.807, 2.05) is 0 Å². The number of rotatable bonds is 2. The Morgan fingerprint density at radius 1 is 1.46 bits per heavy atom. The summed E-state index contributed by atoms with van der Waals surface area (Å²) in [5.74, 6) is -2.31. The Balaban J connectivity index is 3.17. The fraction of sp³-hybridized carbons (Fsp3) is 0.125. The molecule has 1 aromatic carbocycles. The van der Waals surface area contributed by atoms with Gasteiger partial charge in [-0.3, -0.25) is 4.79 Å².